The van der Waals surface area contributed by atoms with Gasteiger partial charge in [0.05, 0.1) is 16.4 Å². The first-order chi connectivity index (χ1) is 8.40. The maximum absolute atomic E-state index is 12.0. The summed E-state index contributed by atoms with van der Waals surface area (Å²) in [5.74, 6) is -0.254. The molecule has 1 aromatic rings. The van der Waals surface area contributed by atoms with E-state index in [2.05, 4.69) is 0 Å². The average molecular weight is 267 g/mol. The first kappa shape index (κ1) is 12.9. The van der Waals surface area contributed by atoms with Gasteiger partial charge >= 0.3 is 0 Å². The van der Waals surface area contributed by atoms with Crippen LogP contribution in [0.25, 0.3) is 0 Å². The van der Waals surface area contributed by atoms with Crippen LogP contribution in [0, 0.1) is 12.8 Å². The maximum Gasteiger partial charge on any atom is 0.234 e. The number of hydrogen-bond acceptors (Lipinski definition) is 3. The number of nitrogen functional groups attached to an aromatic ring is 1. The van der Waals surface area contributed by atoms with Gasteiger partial charge in [-0.1, -0.05) is 18.5 Å². The Morgan fingerprint density at radius 3 is 2.39 bits per heavy atom. The fourth-order valence-corrected chi connectivity index (χ4v) is 2.35. The molecule has 0 radical (unpaired) electrons. The van der Waals surface area contributed by atoms with E-state index in [1.807, 2.05) is 6.92 Å². The Morgan fingerprint density at radius 2 is 1.83 bits per heavy atom. The number of nitrogens with zero attached hydrogens (tertiary/aromatic N) is 1. The van der Waals surface area contributed by atoms with Crippen molar-refractivity contribution in [3.05, 3.63) is 22.7 Å². The minimum atomic E-state index is -0.178. The summed E-state index contributed by atoms with van der Waals surface area (Å²) in [5.41, 5.74) is 7.45. The quantitative estimate of drug-likeness (QED) is 0.627. The number of nitrogens with two attached hydrogens (primary N) is 1. The van der Waals surface area contributed by atoms with Crippen LogP contribution >= 0.6 is 11.6 Å². The molecule has 5 heteroatoms. The number of piperidine rings is 1. The molecular formula is C13H15ClN2O2. The van der Waals surface area contributed by atoms with Crippen LogP contribution in [0.1, 0.15) is 25.3 Å². The number of amides is 2. The standard InChI is InChI=1S/C13H15ClN2O2/c1-7-3-12(17)16(13(18)4-7)11-6-9(14)10(15)5-8(11)2/h5-7H,3-4,15H2,1-2H3. The van der Waals surface area contributed by atoms with Crippen molar-refractivity contribution in [1.29, 1.82) is 0 Å². The third-order valence-corrected chi connectivity index (χ3v) is 3.43. The van der Waals surface area contributed by atoms with Gasteiger partial charge in [0.15, 0.2) is 0 Å². The summed E-state index contributed by atoms with van der Waals surface area (Å²) < 4.78 is 0. The molecule has 1 aromatic carbocycles. The number of halogens is 1. The van der Waals surface area contributed by atoms with Crippen molar-refractivity contribution < 1.29 is 9.59 Å². The molecule has 2 rings (SSSR count). The molecule has 1 fully saturated rings. The summed E-state index contributed by atoms with van der Waals surface area (Å²) in [6.07, 6.45) is 0.764. The molecule has 2 N–H and O–H groups in total. The number of imide groups is 1. The van der Waals surface area contributed by atoms with Crippen LogP contribution < -0.4 is 10.6 Å². The molecule has 0 saturated carbocycles. The monoisotopic (exact) mass is 266 g/mol. The second-order valence-corrected chi connectivity index (χ2v) is 5.20. The number of carbonyl (C=O) groups is 2. The van der Waals surface area contributed by atoms with Gasteiger partial charge in [0.1, 0.15) is 0 Å². The van der Waals surface area contributed by atoms with E-state index in [1.54, 1.807) is 19.1 Å². The minimum Gasteiger partial charge on any atom is -0.398 e. The topological polar surface area (TPSA) is 63.4 Å². The van der Waals surface area contributed by atoms with Gasteiger partial charge in [0.2, 0.25) is 11.8 Å². The molecule has 2 amide bonds. The van der Waals surface area contributed by atoms with Crippen LogP contribution in [0.2, 0.25) is 5.02 Å². The molecule has 96 valence electrons. The Hall–Kier alpha value is -1.55. The molecule has 18 heavy (non-hydrogen) atoms. The number of anilines is 2. The molecule has 1 aliphatic rings. The first-order valence-corrected chi connectivity index (χ1v) is 6.19. The lowest BCUT2D eigenvalue weighted by atomic mass is 9.96. The van der Waals surface area contributed by atoms with Gasteiger partial charge in [-0.3, -0.25) is 14.5 Å². The molecule has 1 aliphatic heterocycles. The molecule has 0 spiro atoms. The first-order valence-electron chi connectivity index (χ1n) is 5.81. The summed E-state index contributed by atoms with van der Waals surface area (Å²) in [6, 6.07) is 3.26. The molecule has 0 unspecified atom stereocenters. The third-order valence-electron chi connectivity index (χ3n) is 3.10. The zero-order chi connectivity index (χ0) is 13.4. The number of aryl methyl sites for hydroxylation is 1. The van der Waals surface area contributed by atoms with Gasteiger partial charge in [-0.15, -0.1) is 0 Å². The zero-order valence-corrected chi connectivity index (χ0v) is 11.1. The van der Waals surface area contributed by atoms with Crippen LogP contribution in [0.3, 0.4) is 0 Å². The van der Waals surface area contributed by atoms with Crippen molar-refractivity contribution in [2.24, 2.45) is 5.92 Å². The minimum absolute atomic E-state index is 0.103. The Balaban J connectivity index is 2.45. The third kappa shape index (κ3) is 2.20. The number of benzene rings is 1. The fourth-order valence-electron chi connectivity index (χ4n) is 2.19. The molecular weight excluding hydrogens is 252 g/mol. The highest BCUT2D eigenvalue weighted by Crippen LogP contribution is 2.32. The lowest BCUT2D eigenvalue weighted by Gasteiger charge is -2.29. The highest BCUT2D eigenvalue weighted by Gasteiger charge is 2.32. The smallest absolute Gasteiger partial charge is 0.234 e. The van der Waals surface area contributed by atoms with Gasteiger partial charge in [-0.2, -0.15) is 0 Å². The Bertz CT molecular complexity index is 510. The summed E-state index contributed by atoms with van der Waals surface area (Å²) in [4.78, 5) is 25.2. The van der Waals surface area contributed by atoms with E-state index in [0.717, 1.165) is 5.56 Å². The lowest BCUT2D eigenvalue weighted by Crippen LogP contribution is -2.43. The fraction of sp³-hybridized carbons (Fsp3) is 0.385. The van der Waals surface area contributed by atoms with E-state index in [9.17, 15) is 9.59 Å². The van der Waals surface area contributed by atoms with Crippen molar-refractivity contribution in [2.75, 3.05) is 10.6 Å². The van der Waals surface area contributed by atoms with Crippen molar-refractivity contribution in [3.8, 4) is 0 Å². The van der Waals surface area contributed by atoms with Crippen LogP contribution in [0.5, 0.6) is 0 Å². The summed E-state index contributed by atoms with van der Waals surface area (Å²) in [5, 5.41) is 0.356. The van der Waals surface area contributed by atoms with Crippen LogP contribution in [0.4, 0.5) is 11.4 Å². The predicted molar refractivity (Wildman–Crippen MR) is 71.5 cm³/mol. The largest absolute Gasteiger partial charge is 0.398 e. The average Bonchev–Trinajstić information content (AvgIpc) is 2.24. The normalized spacial score (nSPS) is 17.4. The van der Waals surface area contributed by atoms with E-state index < -0.39 is 0 Å². The van der Waals surface area contributed by atoms with Gasteiger partial charge in [-0.05, 0) is 30.5 Å². The molecule has 1 saturated heterocycles. The van der Waals surface area contributed by atoms with Gasteiger partial charge < -0.3 is 5.73 Å². The second kappa shape index (κ2) is 4.61. The van der Waals surface area contributed by atoms with Crippen molar-refractivity contribution in [3.63, 3.8) is 0 Å². The Kier molecular flexibility index (Phi) is 3.30. The van der Waals surface area contributed by atoms with Crippen molar-refractivity contribution in [2.45, 2.75) is 26.7 Å². The Labute approximate surface area is 111 Å². The van der Waals surface area contributed by atoms with Crippen LogP contribution in [-0.2, 0) is 9.59 Å². The highest BCUT2D eigenvalue weighted by molar-refractivity contribution is 6.33. The Morgan fingerprint density at radius 1 is 1.28 bits per heavy atom. The number of hydrogen-bond donors (Lipinski definition) is 1. The van der Waals surface area contributed by atoms with Gasteiger partial charge in [-0.25, -0.2) is 0 Å². The summed E-state index contributed by atoms with van der Waals surface area (Å²) in [6.45, 7) is 3.70. The summed E-state index contributed by atoms with van der Waals surface area (Å²) >= 11 is 5.95. The highest BCUT2D eigenvalue weighted by atomic mass is 35.5. The lowest BCUT2D eigenvalue weighted by molar-refractivity contribution is -0.130. The van der Waals surface area contributed by atoms with Gasteiger partial charge in [0, 0.05) is 12.8 Å². The van der Waals surface area contributed by atoms with Crippen LogP contribution in [-0.4, -0.2) is 11.8 Å². The number of carbonyl (C=O) groups excluding carboxylic acids is 2. The molecule has 0 bridgehead atoms. The van der Waals surface area contributed by atoms with E-state index in [4.69, 9.17) is 17.3 Å². The van der Waals surface area contributed by atoms with Crippen molar-refractivity contribution >= 4 is 34.8 Å². The van der Waals surface area contributed by atoms with E-state index in [1.165, 1.54) is 4.90 Å². The molecule has 0 aromatic heterocycles. The maximum atomic E-state index is 12.0. The zero-order valence-electron chi connectivity index (χ0n) is 10.4. The second-order valence-electron chi connectivity index (χ2n) is 4.80. The molecule has 4 nitrogen and oxygen atoms in total. The SMILES string of the molecule is Cc1cc(N)c(Cl)cc1N1C(=O)CC(C)CC1=O. The summed E-state index contributed by atoms with van der Waals surface area (Å²) in [7, 11) is 0. The molecule has 0 atom stereocenters. The van der Waals surface area contributed by atoms with Crippen LogP contribution in [0.15, 0.2) is 12.1 Å². The van der Waals surface area contributed by atoms with E-state index in [0.29, 0.717) is 29.2 Å². The van der Waals surface area contributed by atoms with Crippen molar-refractivity contribution in [1.82, 2.24) is 0 Å². The molecule has 1 heterocycles. The number of rotatable bonds is 1. The molecule has 0 aliphatic carbocycles. The van der Waals surface area contributed by atoms with E-state index in [-0.39, 0.29) is 17.7 Å². The van der Waals surface area contributed by atoms with Gasteiger partial charge in [0.25, 0.3) is 0 Å². The predicted octanol–water partition coefficient (Wildman–Crippen LogP) is 2.52. The van der Waals surface area contributed by atoms with E-state index >= 15 is 0 Å².